The molecule has 0 amide bonds. The molecule has 1 N–H and O–H groups in total. The molecule has 12 heavy (non-hydrogen) atoms. The molecule has 0 bridgehead atoms. The van der Waals surface area contributed by atoms with Gasteiger partial charge in [0.2, 0.25) is 0 Å². The van der Waals surface area contributed by atoms with Gasteiger partial charge < -0.3 is 0 Å². The highest BCUT2D eigenvalue weighted by atomic mass is 35.5. The predicted molar refractivity (Wildman–Crippen MR) is 46.0 cm³/mol. The third kappa shape index (κ3) is 1.97. The van der Waals surface area contributed by atoms with Crippen molar-refractivity contribution in [1.29, 1.82) is 0 Å². The second-order valence-electron chi connectivity index (χ2n) is 2.38. The van der Waals surface area contributed by atoms with Gasteiger partial charge in [-0.3, -0.25) is 4.55 Å². The average Bonchev–Trinajstić information content (AvgIpc) is 1.83. The van der Waals surface area contributed by atoms with Gasteiger partial charge in [0, 0.05) is 5.02 Å². The molecule has 0 radical (unpaired) electrons. The number of hydrogen-bond acceptors (Lipinski definition) is 2. The maximum Gasteiger partial charge on any atom is 0.294 e. The van der Waals surface area contributed by atoms with E-state index in [4.69, 9.17) is 16.2 Å². The zero-order valence-electron chi connectivity index (χ0n) is 6.28. The normalized spacial score (nSPS) is 11.6. The summed E-state index contributed by atoms with van der Waals surface area (Å²) in [6.45, 7) is 1.56. The van der Waals surface area contributed by atoms with Crippen LogP contribution in [0.2, 0.25) is 5.02 Å². The Balaban J connectivity index is 3.39. The monoisotopic (exact) mass is 206 g/mol. The molecule has 0 aliphatic heterocycles. The quantitative estimate of drug-likeness (QED) is 0.714. The van der Waals surface area contributed by atoms with E-state index in [1.165, 1.54) is 18.2 Å². The molecule has 0 saturated carbocycles. The molecule has 0 fully saturated rings. The summed E-state index contributed by atoms with van der Waals surface area (Å²) in [5.74, 6) is 0. The van der Waals surface area contributed by atoms with Gasteiger partial charge in [-0.25, -0.2) is 0 Å². The van der Waals surface area contributed by atoms with E-state index < -0.39 is 10.1 Å². The average molecular weight is 207 g/mol. The van der Waals surface area contributed by atoms with Gasteiger partial charge in [0.05, 0.1) is 4.90 Å². The minimum atomic E-state index is -4.11. The second-order valence-corrected chi connectivity index (χ2v) is 4.21. The van der Waals surface area contributed by atoms with E-state index in [1.54, 1.807) is 6.92 Å². The van der Waals surface area contributed by atoms with E-state index in [1.807, 2.05) is 0 Å². The summed E-state index contributed by atoms with van der Waals surface area (Å²) in [6.07, 6.45) is 0. The number of halogens is 1. The minimum Gasteiger partial charge on any atom is -0.282 e. The first-order valence-electron chi connectivity index (χ1n) is 3.15. The Bertz CT molecular complexity index is 397. The maximum absolute atomic E-state index is 10.7. The molecule has 0 heterocycles. The van der Waals surface area contributed by atoms with Gasteiger partial charge in [-0.2, -0.15) is 8.42 Å². The SMILES string of the molecule is Cc1cc(Cl)ccc1S(=O)(=O)O. The first-order chi connectivity index (χ1) is 5.41. The van der Waals surface area contributed by atoms with Crippen molar-refractivity contribution >= 4 is 21.7 Å². The molecule has 1 rings (SSSR count). The van der Waals surface area contributed by atoms with Gasteiger partial charge in [-0.15, -0.1) is 0 Å². The fourth-order valence-electron chi connectivity index (χ4n) is 0.902. The van der Waals surface area contributed by atoms with Crippen molar-refractivity contribution in [2.45, 2.75) is 11.8 Å². The first kappa shape index (κ1) is 9.51. The molecule has 5 heteroatoms. The number of aryl methyl sites for hydroxylation is 1. The summed E-state index contributed by atoms with van der Waals surface area (Å²) in [6, 6.07) is 4.16. The number of hydrogen-bond donors (Lipinski definition) is 1. The van der Waals surface area contributed by atoms with Crippen LogP contribution in [0.1, 0.15) is 5.56 Å². The van der Waals surface area contributed by atoms with Crippen LogP contribution in [0.5, 0.6) is 0 Å². The Labute approximate surface area is 75.7 Å². The van der Waals surface area contributed by atoms with E-state index in [0.29, 0.717) is 10.6 Å². The summed E-state index contributed by atoms with van der Waals surface area (Å²) < 4.78 is 30.0. The van der Waals surface area contributed by atoms with Crippen molar-refractivity contribution in [2.75, 3.05) is 0 Å². The highest BCUT2D eigenvalue weighted by Crippen LogP contribution is 2.18. The Hall–Kier alpha value is -0.580. The standard InChI is InChI=1S/C7H7ClO3S/c1-5-4-6(8)2-3-7(5)12(9,10)11/h2-4H,1H3,(H,9,10,11). The fourth-order valence-corrected chi connectivity index (χ4v) is 1.83. The van der Waals surface area contributed by atoms with Gasteiger partial charge in [-0.05, 0) is 30.7 Å². The summed E-state index contributed by atoms with van der Waals surface area (Å²) in [5.41, 5.74) is 0.435. The van der Waals surface area contributed by atoms with Crippen LogP contribution in [0.4, 0.5) is 0 Å². The lowest BCUT2D eigenvalue weighted by Crippen LogP contribution is -2.00. The number of rotatable bonds is 1. The summed E-state index contributed by atoms with van der Waals surface area (Å²) >= 11 is 5.59. The third-order valence-corrected chi connectivity index (χ3v) is 2.66. The van der Waals surface area contributed by atoms with Crippen molar-refractivity contribution in [3.8, 4) is 0 Å². The molecule has 0 saturated heterocycles. The van der Waals surface area contributed by atoms with Crippen molar-refractivity contribution < 1.29 is 13.0 Å². The molecule has 1 aromatic rings. The van der Waals surface area contributed by atoms with E-state index in [-0.39, 0.29) is 4.90 Å². The molecule has 0 aliphatic rings. The largest absolute Gasteiger partial charge is 0.294 e. The van der Waals surface area contributed by atoms with Gasteiger partial charge in [-0.1, -0.05) is 11.6 Å². The van der Waals surface area contributed by atoms with Crippen LogP contribution in [0, 0.1) is 6.92 Å². The Morgan fingerprint density at radius 2 is 2.00 bits per heavy atom. The molecule has 0 atom stereocenters. The third-order valence-electron chi connectivity index (χ3n) is 1.41. The van der Waals surface area contributed by atoms with Crippen LogP contribution in [0.3, 0.4) is 0 Å². The van der Waals surface area contributed by atoms with E-state index in [2.05, 4.69) is 0 Å². The van der Waals surface area contributed by atoms with Gasteiger partial charge in [0.25, 0.3) is 10.1 Å². The van der Waals surface area contributed by atoms with Crippen LogP contribution in [-0.4, -0.2) is 13.0 Å². The van der Waals surface area contributed by atoms with Crippen LogP contribution in [0.15, 0.2) is 23.1 Å². The van der Waals surface area contributed by atoms with Crippen molar-refractivity contribution in [2.24, 2.45) is 0 Å². The Morgan fingerprint density at radius 1 is 1.42 bits per heavy atom. The van der Waals surface area contributed by atoms with E-state index >= 15 is 0 Å². The topological polar surface area (TPSA) is 54.4 Å². The van der Waals surface area contributed by atoms with Gasteiger partial charge in [0.15, 0.2) is 0 Å². The van der Waals surface area contributed by atoms with Crippen LogP contribution >= 0.6 is 11.6 Å². The highest BCUT2D eigenvalue weighted by molar-refractivity contribution is 7.85. The predicted octanol–water partition coefficient (Wildman–Crippen LogP) is 1.90. The zero-order valence-corrected chi connectivity index (χ0v) is 7.85. The molecular formula is C7H7ClO3S. The molecule has 0 spiro atoms. The lowest BCUT2D eigenvalue weighted by atomic mass is 10.2. The van der Waals surface area contributed by atoms with Crippen molar-refractivity contribution in [3.05, 3.63) is 28.8 Å². The van der Waals surface area contributed by atoms with Gasteiger partial charge >= 0.3 is 0 Å². The minimum absolute atomic E-state index is 0.105. The maximum atomic E-state index is 10.7. The zero-order chi connectivity index (χ0) is 9.35. The summed E-state index contributed by atoms with van der Waals surface area (Å²) in [4.78, 5) is -0.105. The second kappa shape index (κ2) is 3.05. The lowest BCUT2D eigenvalue weighted by Gasteiger charge is -2.01. The highest BCUT2D eigenvalue weighted by Gasteiger charge is 2.12. The molecule has 66 valence electrons. The molecule has 0 unspecified atom stereocenters. The Morgan fingerprint density at radius 3 is 2.42 bits per heavy atom. The summed E-state index contributed by atoms with van der Waals surface area (Å²) in [7, 11) is -4.11. The molecule has 1 aromatic carbocycles. The van der Waals surface area contributed by atoms with Crippen molar-refractivity contribution in [3.63, 3.8) is 0 Å². The molecule has 0 aromatic heterocycles. The van der Waals surface area contributed by atoms with Crippen molar-refractivity contribution in [1.82, 2.24) is 0 Å². The van der Waals surface area contributed by atoms with E-state index in [9.17, 15) is 8.42 Å². The van der Waals surface area contributed by atoms with Crippen LogP contribution in [-0.2, 0) is 10.1 Å². The number of benzene rings is 1. The van der Waals surface area contributed by atoms with Crippen LogP contribution in [0.25, 0.3) is 0 Å². The molecule has 3 nitrogen and oxygen atoms in total. The first-order valence-corrected chi connectivity index (χ1v) is 4.97. The molecule has 0 aliphatic carbocycles. The lowest BCUT2D eigenvalue weighted by molar-refractivity contribution is 0.482. The summed E-state index contributed by atoms with van der Waals surface area (Å²) in [5, 5.41) is 0.444. The van der Waals surface area contributed by atoms with Gasteiger partial charge in [0.1, 0.15) is 0 Å². The van der Waals surface area contributed by atoms with E-state index in [0.717, 1.165) is 0 Å². The molecular weight excluding hydrogens is 200 g/mol. The fraction of sp³-hybridized carbons (Fsp3) is 0.143. The van der Waals surface area contributed by atoms with Crippen LogP contribution < -0.4 is 0 Å². The smallest absolute Gasteiger partial charge is 0.282 e. The Kier molecular flexibility index (Phi) is 2.41.